The molecular formula is C27H34FNO2. The van der Waals surface area contributed by atoms with Gasteiger partial charge in [0.1, 0.15) is 11.6 Å². The normalized spacial score (nSPS) is 12.8. The highest BCUT2D eigenvalue weighted by atomic mass is 19.1. The molecule has 0 saturated heterocycles. The summed E-state index contributed by atoms with van der Waals surface area (Å²) in [5.41, 5.74) is 4.13. The van der Waals surface area contributed by atoms with Crippen molar-refractivity contribution in [2.24, 2.45) is 5.92 Å². The largest absolute Gasteiger partial charge is 0.507 e. The maximum atomic E-state index is 13.7. The Morgan fingerprint density at radius 2 is 1.81 bits per heavy atom. The first-order chi connectivity index (χ1) is 14.7. The van der Waals surface area contributed by atoms with Gasteiger partial charge in [0.2, 0.25) is 0 Å². The minimum Gasteiger partial charge on any atom is -0.507 e. The Hall–Kier alpha value is -2.59. The van der Waals surface area contributed by atoms with E-state index in [0.717, 1.165) is 52.7 Å². The number of allylic oxidation sites excluding steroid dienone is 2. The van der Waals surface area contributed by atoms with E-state index >= 15 is 0 Å². The number of benzene rings is 2. The number of fused-ring (bicyclic) bond motifs is 1. The van der Waals surface area contributed by atoms with Gasteiger partial charge < -0.3 is 14.8 Å². The summed E-state index contributed by atoms with van der Waals surface area (Å²) in [7, 11) is 0. The standard InChI is InChI=1S/C27H34FNO2/c1-6-19(10-7-9-18(2)3)24-25-22(11-8-12-23(25)31)29(26(24)27(4,5)17-30)21-15-13-20(28)14-16-21/h6,8,11-16,18,30-31H,7,9-10,17H2,1-5H3/b19-6+. The highest BCUT2D eigenvalue weighted by Crippen LogP contribution is 2.44. The van der Waals surface area contributed by atoms with E-state index in [1.807, 2.05) is 32.9 Å². The highest BCUT2D eigenvalue weighted by molar-refractivity contribution is 6.00. The number of hydrogen-bond donors (Lipinski definition) is 2. The maximum Gasteiger partial charge on any atom is 0.125 e. The zero-order valence-electron chi connectivity index (χ0n) is 19.2. The third-order valence-corrected chi connectivity index (χ3v) is 5.99. The van der Waals surface area contributed by atoms with Crippen LogP contribution in [0.5, 0.6) is 5.75 Å². The van der Waals surface area contributed by atoms with Gasteiger partial charge in [-0.2, -0.15) is 0 Å². The van der Waals surface area contributed by atoms with Crippen LogP contribution in [0.2, 0.25) is 0 Å². The molecule has 0 aliphatic carbocycles. The maximum absolute atomic E-state index is 13.7. The number of aromatic hydroxyl groups is 1. The van der Waals surface area contributed by atoms with Crippen LogP contribution in [0.15, 0.2) is 48.5 Å². The topological polar surface area (TPSA) is 45.4 Å². The molecule has 1 aromatic heterocycles. The summed E-state index contributed by atoms with van der Waals surface area (Å²) in [6.45, 7) is 10.4. The number of phenols is 1. The van der Waals surface area contributed by atoms with Crippen molar-refractivity contribution >= 4 is 16.5 Å². The van der Waals surface area contributed by atoms with Crippen LogP contribution < -0.4 is 0 Å². The number of nitrogens with zero attached hydrogens (tertiary/aromatic N) is 1. The second-order valence-corrected chi connectivity index (χ2v) is 9.35. The van der Waals surface area contributed by atoms with Crippen LogP contribution in [-0.2, 0) is 5.41 Å². The van der Waals surface area contributed by atoms with Crippen molar-refractivity contribution in [3.05, 3.63) is 65.6 Å². The fraction of sp³-hybridized carbons (Fsp3) is 0.407. The van der Waals surface area contributed by atoms with Gasteiger partial charge in [-0.25, -0.2) is 4.39 Å². The summed E-state index contributed by atoms with van der Waals surface area (Å²) in [5, 5.41) is 22.0. The summed E-state index contributed by atoms with van der Waals surface area (Å²) >= 11 is 0. The van der Waals surface area contributed by atoms with E-state index in [1.54, 1.807) is 18.2 Å². The van der Waals surface area contributed by atoms with E-state index < -0.39 is 5.41 Å². The molecule has 1 heterocycles. The number of aliphatic hydroxyl groups is 1. The Bertz CT molecular complexity index is 1070. The van der Waals surface area contributed by atoms with Gasteiger partial charge >= 0.3 is 0 Å². The lowest BCUT2D eigenvalue weighted by Gasteiger charge is -2.27. The van der Waals surface area contributed by atoms with Gasteiger partial charge in [0, 0.05) is 27.7 Å². The minimum atomic E-state index is -0.582. The molecule has 0 unspecified atom stereocenters. The smallest absolute Gasteiger partial charge is 0.125 e. The van der Waals surface area contributed by atoms with E-state index in [0.29, 0.717) is 5.92 Å². The zero-order chi connectivity index (χ0) is 22.8. The Labute approximate surface area is 184 Å². The second-order valence-electron chi connectivity index (χ2n) is 9.35. The van der Waals surface area contributed by atoms with Crippen LogP contribution in [-0.4, -0.2) is 21.4 Å². The predicted octanol–water partition coefficient (Wildman–Crippen LogP) is 6.97. The number of hydrogen-bond acceptors (Lipinski definition) is 2. The van der Waals surface area contributed by atoms with Gasteiger partial charge in [0.15, 0.2) is 0 Å². The molecule has 0 bridgehead atoms. The van der Waals surface area contributed by atoms with Crippen LogP contribution >= 0.6 is 0 Å². The minimum absolute atomic E-state index is 0.0543. The van der Waals surface area contributed by atoms with E-state index in [-0.39, 0.29) is 18.2 Å². The molecular weight excluding hydrogens is 389 g/mol. The SMILES string of the molecule is C/C=C(\CCCC(C)C)c1c(C(C)(C)CO)n(-c2ccc(F)cc2)c2cccc(O)c12. The molecule has 3 aromatic rings. The lowest BCUT2D eigenvalue weighted by Crippen LogP contribution is -2.27. The quantitative estimate of drug-likeness (QED) is 0.411. The van der Waals surface area contributed by atoms with Gasteiger partial charge in [0.05, 0.1) is 12.1 Å². The lowest BCUT2D eigenvalue weighted by molar-refractivity contribution is 0.214. The fourth-order valence-corrected chi connectivity index (χ4v) is 4.32. The summed E-state index contributed by atoms with van der Waals surface area (Å²) in [6, 6.07) is 11.9. The fourth-order valence-electron chi connectivity index (χ4n) is 4.32. The van der Waals surface area contributed by atoms with Crippen LogP contribution in [0, 0.1) is 11.7 Å². The Kier molecular flexibility index (Phi) is 6.90. The molecule has 0 fully saturated rings. The predicted molar refractivity (Wildman–Crippen MR) is 127 cm³/mol. The number of rotatable bonds is 8. The molecule has 0 spiro atoms. The molecule has 3 rings (SSSR count). The van der Waals surface area contributed by atoms with Crippen LogP contribution in [0.25, 0.3) is 22.2 Å². The van der Waals surface area contributed by atoms with E-state index in [1.165, 1.54) is 12.1 Å². The van der Waals surface area contributed by atoms with Gasteiger partial charge in [-0.3, -0.25) is 0 Å². The Balaban J connectivity index is 2.37. The summed E-state index contributed by atoms with van der Waals surface area (Å²) in [5.74, 6) is 0.543. The van der Waals surface area contributed by atoms with E-state index in [4.69, 9.17) is 0 Å². The second kappa shape index (κ2) is 9.27. The number of phenolic OH excluding ortho intramolecular Hbond substituents is 1. The molecule has 0 amide bonds. The first kappa shape index (κ1) is 23.1. The van der Waals surface area contributed by atoms with E-state index in [9.17, 15) is 14.6 Å². The zero-order valence-corrected chi connectivity index (χ0v) is 19.2. The van der Waals surface area contributed by atoms with Gasteiger partial charge in [0.25, 0.3) is 0 Å². The van der Waals surface area contributed by atoms with Crippen molar-refractivity contribution < 1.29 is 14.6 Å². The first-order valence-corrected chi connectivity index (χ1v) is 11.1. The third kappa shape index (κ3) is 4.54. The first-order valence-electron chi connectivity index (χ1n) is 11.1. The van der Waals surface area contributed by atoms with Crippen molar-refractivity contribution in [3.63, 3.8) is 0 Å². The molecule has 3 nitrogen and oxygen atoms in total. The highest BCUT2D eigenvalue weighted by Gasteiger charge is 2.32. The van der Waals surface area contributed by atoms with Crippen LogP contribution in [0.4, 0.5) is 4.39 Å². The Morgan fingerprint density at radius 3 is 2.39 bits per heavy atom. The number of aliphatic hydroxyl groups excluding tert-OH is 1. The average Bonchev–Trinajstić information content (AvgIpc) is 3.09. The van der Waals surface area contributed by atoms with Crippen LogP contribution in [0.3, 0.4) is 0 Å². The molecule has 0 aliphatic rings. The molecule has 2 aromatic carbocycles. The Morgan fingerprint density at radius 1 is 1.13 bits per heavy atom. The van der Waals surface area contributed by atoms with Gasteiger partial charge in [-0.15, -0.1) is 0 Å². The molecule has 166 valence electrons. The lowest BCUT2D eigenvalue weighted by atomic mass is 9.83. The third-order valence-electron chi connectivity index (χ3n) is 5.99. The summed E-state index contributed by atoms with van der Waals surface area (Å²) < 4.78 is 15.7. The molecule has 2 N–H and O–H groups in total. The molecule has 0 saturated carbocycles. The monoisotopic (exact) mass is 423 g/mol. The summed E-state index contributed by atoms with van der Waals surface area (Å²) in [6.07, 6.45) is 5.18. The molecule has 0 radical (unpaired) electrons. The summed E-state index contributed by atoms with van der Waals surface area (Å²) in [4.78, 5) is 0. The van der Waals surface area contributed by atoms with E-state index in [2.05, 4.69) is 24.5 Å². The molecule has 31 heavy (non-hydrogen) atoms. The molecule has 0 atom stereocenters. The van der Waals surface area contributed by atoms with Crippen LogP contribution in [0.1, 0.15) is 65.1 Å². The molecule has 4 heteroatoms. The number of halogens is 1. The van der Waals surface area contributed by atoms with Gasteiger partial charge in [-0.1, -0.05) is 46.3 Å². The van der Waals surface area contributed by atoms with Gasteiger partial charge in [-0.05, 0) is 67.7 Å². The van der Waals surface area contributed by atoms with Crippen molar-refractivity contribution in [1.29, 1.82) is 0 Å². The van der Waals surface area contributed by atoms with Crippen molar-refractivity contribution in [2.45, 2.75) is 59.3 Å². The van der Waals surface area contributed by atoms with Crippen molar-refractivity contribution in [3.8, 4) is 11.4 Å². The average molecular weight is 424 g/mol. The molecule has 0 aliphatic heterocycles. The van der Waals surface area contributed by atoms with Crippen molar-refractivity contribution in [2.75, 3.05) is 6.61 Å². The van der Waals surface area contributed by atoms with Crippen molar-refractivity contribution in [1.82, 2.24) is 4.57 Å². The number of aromatic nitrogens is 1.